The minimum absolute atomic E-state index is 0.0295. The van der Waals surface area contributed by atoms with Crippen LogP contribution in [-0.2, 0) is 17.3 Å². The van der Waals surface area contributed by atoms with Gasteiger partial charge in [0, 0.05) is 33.1 Å². The summed E-state index contributed by atoms with van der Waals surface area (Å²) in [4.78, 5) is 3.87. The summed E-state index contributed by atoms with van der Waals surface area (Å²) < 4.78 is 0. The zero-order valence-electron chi connectivity index (χ0n) is 33.7. The topological polar surface area (TPSA) is 15.8 Å². The molecule has 0 saturated carbocycles. The van der Waals surface area contributed by atoms with E-state index in [9.17, 15) is 0 Å². The van der Waals surface area contributed by atoms with Gasteiger partial charge in [0.2, 0.25) is 0 Å². The maximum Gasteiger partial charge on any atom is 0.0541 e. The van der Waals surface area contributed by atoms with Gasteiger partial charge in [0.15, 0.2) is 0 Å². The number of aryl methyl sites for hydroxylation is 1. The van der Waals surface area contributed by atoms with Gasteiger partial charge in [0.1, 0.15) is 0 Å². The molecule has 1 heteroatoms. The first-order valence-electron chi connectivity index (χ1n) is 20.9. The Labute approximate surface area is 342 Å². The van der Waals surface area contributed by atoms with Gasteiger partial charge in [-0.3, -0.25) is 0 Å². The van der Waals surface area contributed by atoms with Gasteiger partial charge in [-0.05, 0) is 96.6 Å². The Morgan fingerprint density at radius 1 is 0.448 bits per heavy atom. The minimum Gasteiger partial charge on any atom is -0.354 e. The first-order valence-corrected chi connectivity index (χ1v) is 20.9. The summed E-state index contributed by atoms with van der Waals surface area (Å²) in [5, 5.41) is 3.90. The second kappa shape index (κ2) is 13.0. The smallest absolute Gasteiger partial charge is 0.0541 e. The lowest BCUT2D eigenvalue weighted by Crippen LogP contribution is -2.15. The van der Waals surface area contributed by atoms with E-state index >= 15 is 0 Å². The lowest BCUT2D eigenvalue weighted by atomic mass is 9.79. The van der Waals surface area contributed by atoms with Crippen LogP contribution in [0, 0.1) is 0 Å². The minimum atomic E-state index is -0.106. The first-order chi connectivity index (χ1) is 28.3. The van der Waals surface area contributed by atoms with Crippen LogP contribution in [0.1, 0.15) is 79.0 Å². The summed E-state index contributed by atoms with van der Waals surface area (Å²) in [5.41, 5.74) is 21.3. The summed E-state index contributed by atoms with van der Waals surface area (Å²) in [5.74, 6) is 0.277. The van der Waals surface area contributed by atoms with Crippen molar-refractivity contribution in [1.82, 2.24) is 4.98 Å². The molecule has 0 spiro atoms. The molecular formula is C57H47N. The predicted molar refractivity (Wildman–Crippen MR) is 245 cm³/mol. The highest BCUT2D eigenvalue weighted by Crippen LogP contribution is 2.53. The second-order valence-electron chi connectivity index (χ2n) is 17.7. The third-order valence-electron chi connectivity index (χ3n) is 13.7. The molecule has 1 nitrogen and oxygen atoms in total. The first kappa shape index (κ1) is 34.8. The van der Waals surface area contributed by atoms with Crippen LogP contribution in [0.5, 0.6) is 0 Å². The zero-order chi connectivity index (χ0) is 39.2. The molecule has 58 heavy (non-hydrogen) atoms. The molecule has 0 bridgehead atoms. The third-order valence-corrected chi connectivity index (χ3v) is 13.7. The quantitative estimate of drug-likeness (QED) is 0.167. The van der Waals surface area contributed by atoms with Gasteiger partial charge in [-0.1, -0.05) is 198 Å². The van der Waals surface area contributed by atoms with Crippen LogP contribution in [0.3, 0.4) is 0 Å². The summed E-state index contributed by atoms with van der Waals surface area (Å²) in [6.45, 7) is 9.55. The molecule has 1 unspecified atom stereocenters. The van der Waals surface area contributed by atoms with Crippen molar-refractivity contribution < 1.29 is 0 Å². The van der Waals surface area contributed by atoms with Crippen molar-refractivity contribution in [1.29, 1.82) is 0 Å². The van der Waals surface area contributed by atoms with Gasteiger partial charge < -0.3 is 4.98 Å². The number of H-pyrrole nitrogens is 1. The lowest BCUT2D eigenvalue weighted by molar-refractivity contribution is 0.654. The number of benzene rings is 8. The lowest BCUT2D eigenvalue weighted by Gasteiger charge is -2.24. The van der Waals surface area contributed by atoms with Crippen molar-refractivity contribution >= 4 is 21.7 Å². The average Bonchev–Trinajstić information content (AvgIpc) is 3.85. The number of rotatable bonds is 7. The molecule has 0 aliphatic heterocycles. The molecule has 9 aromatic rings. The molecule has 0 fully saturated rings. The Balaban J connectivity index is 0.890. The van der Waals surface area contributed by atoms with Gasteiger partial charge in [-0.2, -0.15) is 0 Å². The van der Waals surface area contributed by atoms with Crippen LogP contribution < -0.4 is 0 Å². The molecule has 11 rings (SSSR count). The van der Waals surface area contributed by atoms with Crippen molar-refractivity contribution in [2.45, 2.75) is 57.3 Å². The number of aromatic amines is 1. The van der Waals surface area contributed by atoms with Crippen molar-refractivity contribution in [3.05, 3.63) is 215 Å². The molecule has 1 N–H and O–H groups in total. The molecule has 2 aliphatic carbocycles. The van der Waals surface area contributed by atoms with Gasteiger partial charge >= 0.3 is 0 Å². The van der Waals surface area contributed by atoms with Gasteiger partial charge in [-0.25, -0.2) is 0 Å². The van der Waals surface area contributed by atoms with Crippen LogP contribution in [0.2, 0.25) is 0 Å². The Bertz CT molecular complexity index is 3030. The summed E-state index contributed by atoms with van der Waals surface area (Å²) in [7, 11) is 0. The van der Waals surface area contributed by atoms with Crippen molar-refractivity contribution in [2.24, 2.45) is 0 Å². The Hall–Kier alpha value is -6.44. The summed E-state index contributed by atoms with van der Waals surface area (Å²) in [6, 6.07) is 66.0. The fourth-order valence-electron chi connectivity index (χ4n) is 10.6. The number of nitrogens with one attached hydrogen (secondary N) is 1. The fourth-order valence-corrected chi connectivity index (χ4v) is 10.6. The van der Waals surface area contributed by atoms with E-state index in [-0.39, 0.29) is 16.7 Å². The maximum atomic E-state index is 3.87. The molecule has 0 radical (unpaired) electrons. The standard InChI is InChI=1S/C57H47N/c1-56(2)50-17-11-10-16-46(50)47-31-29-43(35-51(47)56)44(41-25-23-38(24-26-41)37-12-6-5-7-13-37)30-20-36-18-21-39(22-19-36)42-28-32-48-52(34-42)57(3,4)53-49-33-27-40-14-8-9-15-45(40)54(49)58-55(48)53/h5-19,21-29,31-35,44,58H,20,30H2,1-4H3. The molecule has 0 saturated heterocycles. The highest BCUT2D eigenvalue weighted by Gasteiger charge is 2.39. The van der Waals surface area contributed by atoms with Crippen molar-refractivity contribution in [2.75, 3.05) is 0 Å². The van der Waals surface area contributed by atoms with E-state index in [1.54, 1.807) is 0 Å². The zero-order valence-corrected chi connectivity index (χ0v) is 33.7. The van der Waals surface area contributed by atoms with Crippen LogP contribution in [0.4, 0.5) is 0 Å². The van der Waals surface area contributed by atoms with E-state index in [4.69, 9.17) is 0 Å². The van der Waals surface area contributed by atoms with Gasteiger partial charge in [0.25, 0.3) is 0 Å². The van der Waals surface area contributed by atoms with E-state index in [1.165, 1.54) is 105 Å². The van der Waals surface area contributed by atoms with Crippen LogP contribution in [0.25, 0.3) is 66.3 Å². The van der Waals surface area contributed by atoms with Crippen molar-refractivity contribution in [3.8, 4) is 44.6 Å². The van der Waals surface area contributed by atoms with Gasteiger partial charge in [-0.15, -0.1) is 0 Å². The van der Waals surface area contributed by atoms with E-state index in [0.717, 1.165) is 12.8 Å². The molecular weight excluding hydrogens is 699 g/mol. The van der Waals surface area contributed by atoms with E-state index in [2.05, 4.69) is 209 Å². The number of hydrogen-bond donors (Lipinski definition) is 1. The number of fused-ring (bicyclic) bond motifs is 10. The number of hydrogen-bond acceptors (Lipinski definition) is 0. The summed E-state index contributed by atoms with van der Waals surface area (Å²) in [6.07, 6.45) is 2.03. The SMILES string of the molecule is CC1(C)c2ccccc2-c2ccc(C(CCc3ccc(-c4ccc5c(c4)C(C)(C)c4c-5[nH]c5c4ccc4ccccc45)cc3)c3ccc(-c4ccccc4)cc3)cc21. The van der Waals surface area contributed by atoms with E-state index < -0.39 is 0 Å². The molecule has 1 atom stereocenters. The van der Waals surface area contributed by atoms with Crippen molar-refractivity contribution in [3.63, 3.8) is 0 Å². The largest absolute Gasteiger partial charge is 0.354 e. The molecule has 0 amide bonds. The highest BCUT2D eigenvalue weighted by molar-refractivity contribution is 6.10. The second-order valence-corrected chi connectivity index (χ2v) is 17.7. The van der Waals surface area contributed by atoms with Gasteiger partial charge in [0.05, 0.1) is 11.2 Å². The number of aromatic nitrogens is 1. The van der Waals surface area contributed by atoms with E-state index in [0.29, 0.717) is 0 Å². The Kier molecular flexibility index (Phi) is 7.82. The Morgan fingerprint density at radius 3 is 1.90 bits per heavy atom. The maximum absolute atomic E-state index is 3.87. The molecule has 1 heterocycles. The molecule has 1 aromatic heterocycles. The Morgan fingerprint density at radius 2 is 1.07 bits per heavy atom. The summed E-state index contributed by atoms with van der Waals surface area (Å²) >= 11 is 0. The van der Waals surface area contributed by atoms with Crippen LogP contribution in [-0.4, -0.2) is 4.98 Å². The molecule has 280 valence electrons. The van der Waals surface area contributed by atoms with Crippen LogP contribution >= 0.6 is 0 Å². The third kappa shape index (κ3) is 5.37. The van der Waals surface area contributed by atoms with Crippen LogP contribution in [0.15, 0.2) is 176 Å². The molecule has 8 aromatic carbocycles. The predicted octanol–water partition coefficient (Wildman–Crippen LogP) is 15.0. The average molecular weight is 746 g/mol. The normalized spacial score (nSPS) is 14.9. The highest BCUT2D eigenvalue weighted by atomic mass is 14.8. The van der Waals surface area contributed by atoms with E-state index in [1.807, 2.05) is 0 Å². The fraction of sp³-hybridized carbons (Fsp3) is 0.158. The monoisotopic (exact) mass is 745 g/mol. The molecule has 2 aliphatic rings.